The molecule has 2 aromatic rings. The SMILES string of the molecule is COc1ccc(S(=O)(=O)N2CCCCCC2)cc1NC(=O)c1cccs1. The Morgan fingerprint density at radius 1 is 1.15 bits per heavy atom. The molecule has 1 aliphatic heterocycles. The van der Waals surface area contributed by atoms with Crippen LogP contribution in [0, 0.1) is 0 Å². The van der Waals surface area contributed by atoms with Crippen molar-refractivity contribution in [3.63, 3.8) is 0 Å². The Balaban J connectivity index is 1.90. The van der Waals surface area contributed by atoms with Crippen molar-refractivity contribution < 1.29 is 17.9 Å². The number of benzene rings is 1. The van der Waals surface area contributed by atoms with Gasteiger partial charge in [0.1, 0.15) is 5.75 Å². The number of ether oxygens (including phenoxy) is 1. The zero-order valence-corrected chi connectivity index (χ0v) is 16.2. The van der Waals surface area contributed by atoms with Crippen molar-refractivity contribution >= 4 is 33.0 Å². The van der Waals surface area contributed by atoms with E-state index in [0.717, 1.165) is 25.7 Å². The highest BCUT2D eigenvalue weighted by Crippen LogP contribution is 2.30. The quantitative estimate of drug-likeness (QED) is 0.841. The molecule has 26 heavy (non-hydrogen) atoms. The van der Waals surface area contributed by atoms with E-state index in [-0.39, 0.29) is 10.8 Å². The molecule has 1 aliphatic rings. The zero-order chi connectivity index (χ0) is 18.6. The van der Waals surface area contributed by atoms with E-state index in [9.17, 15) is 13.2 Å². The van der Waals surface area contributed by atoms with E-state index in [1.807, 2.05) is 5.38 Å². The maximum absolute atomic E-state index is 13.0. The first kappa shape index (κ1) is 18.9. The highest BCUT2D eigenvalue weighted by Gasteiger charge is 2.26. The first-order valence-corrected chi connectivity index (χ1v) is 10.9. The molecule has 1 aromatic carbocycles. The van der Waals surface area contributed by atoms with Gasteiger partial charge in [-0.15, -0.1) is 11.3 Å². The van der Waals surface area contributed by atoms with Crippen LogP contribution in [0.5, 0.6) is 5.75 Å². The average molecular weight is 395 g/mol. The number of nitrogens with zero attached hydrogens (tertiary/aromatic N) is 1. The van der Waals surface area contributed by atoms with Gasteiger partial charge in [0.05, 0.1) is 22.6 Å². The lowest BCUT2D eigenvalue weighted by Crippen LogP contribution is -2.32. The zero-order valence-electron chi connectivity index (χ0n) is 14.6. The van der Waals surface area contributed by atoms with Gasteiger partial charge in [-0.25, -0.2) is 8.42 Å². The second kappa shape index (κ2) is 8.20. The first-order chi connectivity index (χ1) is 12.5. The third-order valence-corrected chi connectivity index (χ3v) is 7.13. The van der Waals surface area contributed by atoms with E-state index >= 15 is 0 Å². The molecule has 0 aliphatic carbocycles. The number of sulfonamides is 1. The molecule has 0 bridgehead atoms. The summed E-state index contributed by atoms with van der Waals surface area (Å²) < 4.78 is 32.8. The Morgan fingerprint density at radius 3 is 2.50 bits per heavy atom. The van der Waals surface area contributed by atoms with Crippen LogP contribution < -0.4 is 10.1 Å². The molecule has 1 fully saturated rings. The molecule has 3 rings (SSSR count). The Morgan fingerprint density at radius 2 is 1.88 bits per heavy atom. The summed E-state index contributed by atoms with van der Waals surface area (Å²) >= 11 is 1.32. The summed E-state index contributed by atoms with van der Waals surface area (Å²) in [5.74, 6) is 0.132. The number of nitrogens with one attached hydrogen (secondary N) is 1. The Bertz CT molecular complexity index is 855. The number of carbonyl (C=O) groups is 1. The number of hydrogen-bond acceptors (Lipinski definition) is 5. The second-order valence-electron chi connectivity index (χ2n) is 6.11. The molecule has 1 N–H and O–H groups in total. The standard InChI is InChI=1S/C18H22N2O4S2/c1-24-16-9-8-14(26(22,23)20-10-4-2-3-5-11-20)13-15(16)19-18(21)17-7-6-12-25-17/h6-9,12-13H,2-5,10-11H2,1H3,(H,19,21). The summed E-state index contributed by atoms with van der Waals surface area (Å²) in [6, 6.07) is 8.08. The number of methoxy groups -OCH3 is 1. The van der Waals surface area contributed by atoms with Gasteiger partial charge in [-0.05, 0) is 42.5 Å². The second-order valence-corrected chi connectivity index (χ2v) is 9.00. The topological polar surface area (TPSA) is 75.7 Å². The van der Waals surface area contributed by atoms with Crippen LogP contribution in [-0.2, 0) is 10.0 Å². The van der Waals surface area contributed by atoms with Crippen molar-refractivity contribution in [1.29, 1.82) is 0 Å². The minimum Gasteiger partial charge on any atom is -0.495 e. The molecule has 0 spiro atoms. The third-order valence-electron chi connectivity index (χ3n) is 4.37. The normalized spacial score (nSPS) is 16.0. The van der Waals surface area contributed by atoms with Crippen LogP contribution in [0.15, 0.2) is 40.6 Å². The van der Waals surface area contributed by atoms with Crippen molar-refractivity contribution in [2.75, 3.05) is 25.5 Å². The first-order valence-electron chi connectivity index (χ1n) is 8.55. The van der Waals surface area contributed by atoms with Crippen LogP contribution in [0.25, 0.3) is 0 Å². The van der Waals surface area contributed by atoms with Crippen molar-refractivity contribution in [1.82, 2.24) is 4.31 Å². The van der Waals surface area contributed by atoms with Crippen LogP contribution in [0.4, 0.5) is 5.69 Å². The molecule has 2 heterocycles. The highest BCUT2D eigenvalue weighted by atomic mass is 32.2. The molecular weight excluding hydrogens is 372 g/mol. The van der Waals surface area contributed by atoms with E-state index in [4.69, 9.17) is 4.74 Å². The van der Waals surface area contributed by atoms with Gasteiger partial charge in [-0.1, -0.05) is 18.9 Å². The average Bonchev–Trinajstić information content (AvgIpc) is 3.03. The van der Waals surface area contributed by atoms with E-state index < -0.39 is 10.0 Å². The molecule has 140 valence electrons. The summed E-state index contributed by atoms with van der Waals surface area (Å²) in [4.78, 5) is 13.1. The monoisotopic (exact) mass is 394 g/mol. The summed E-state index contributed by atoms with van der Waals surface area (Å²) in [5.41, 5.74) is 0.349. The fraction of sp³-hybridized carbons (Fsp3) is 0.389. The van der Waals surface area contributed by atoms with Crippen molar-refractivity contribution in [3.05, 3.63) is 40.6 Å². The van der Waals surface area contributed by atoms with Gasteiger partial charge in [-0.3, -0.25) is 4.79 Å². The maximum Gasteiger partial charge on any atom is 0.265 e. The molecule has 0 saturated carbocycles. The van der Waals surface area contributed by atoms with Crippen molar-refractivity contribution in [2.24, 2.45) is 0 Å². The van der Waals surface area contributed by atoms with Crippen LogP contribution >= 0.6 is 11.3 Å². The number of hydrogen-bond donors (Lipinski definition) is 1. The van der Waals surface area contributed by atoms with Gasteiger partial charge in [-0.2, -0.15) is 4.31 Å². The lowest BCUT2D eigenvalue weighted by molar-refractivity contribution is 0.103. The van der Waals surface area contributed by atoms with Gasteiger partial charge < -0.3 is 10.1 Å². The number of anilines is 1. The molecule has 8 heteroatoms. The Hall–Kier alpha value is -1.90. The van der Waals surface area contributed by atoms with Crippen LogP contribution in [-0.4, -0.2) is 38.8 Å². The number of thiophene rings is 1. The number of carbonyl (C=O) groups excluding carboxylic acids is 1. The molecule has 0 radical (unpaired) electrons. The lowest BCUT2D eigenvalue weighted by atomic mass is 10.2. The molecule has 1 amide bonds. The van der Waals surface area contributed by atoms with Crippen LogP contribution in [0.3, 0.4) is 0 Å². The summed E-state index contributed by atoms with van der Waals surface area (Å²) in [6.45, 7) is 1.07. The molecule has 6 nitrogen and oxygen atoms in total. The van der Waals surface area contributed by atoms with E-state index in [2.05, 4.69) is 5.32 Å². The summed E-state index contributed by atoms with van der Waals surface area (Å²) in [5, 5.41) is 4.57. The minimum absolute atomic E-state index is 0.168. The number of amides is 1. The number of rotatable bonds is 5. The minimum atomic E-state index is -3.59. The van der Waals surface area contributed by atoms with Gasteiger partial charge in [0, 0.05) is 13.1 Å². The Labute approximate surface area is 157 Å². The van der Waals surface area contributed by atoms with Gasteiger partial charge in [0.15, 0.2) is 0 Å². The van der Waals surface area contributed by atoms with E-state index in [1.165, 1.54) is 34.9 Å². The summed E-state index contributed by atoms with van der Waals surface area (Å²) in [6.07, 6.45) is 3.85. The third kappa shape index (κ3) is 4.08. The molecule has 1 aromatic heterocycles. The van der Waals surface area contributed by atoms with E-state index in [0.29, 0.717) is 29.4 Å². The highest BCUT2D eigenvalue weighted by molar-refractivity contribution is 7.89. The van der Waals surface area contributed by atoms with Gasteiger partial charge in [0.2, 0.25) is 10.0 Å². The predicted octanol–water partition coefficient (Wildman–Crippen LogP) is 3.57. The molecule has 1 saturated heterocycles. The van der Waals surface area contributed by atoms with Crippen molar-refractivity contribution in [2.45, 2.75) is 30.6 Å². The fourth-order valence-corrected chi connectivity index (χ4v) is 5.13. The fourth-order valence-electron chi connectivity index (χ4n) is 2.97. The predicted molar refractivity (Wildman–Crippen MR) is 102 cm³/mol. The molecule has 0 atom stereocenters. The molecule has 0 unspecified atom stereocenters. The van der Waals surface area contributed by atoms with Crippen LogP contribution in [0.1, 0.15) is 35.4 Å². The van der Waals surface area contributed by atoms with E-state index in [1.54, 1.807) is 18.2 Å². The Kier molecular flexibility index (Phi) is 5.95. The largest absolute Gasteiger partial charge is 0.495 e. The lowest BCUT2D eigenvalue weighted by Gasteiger charge is -2.21. The molecular formula is C18H22N2O4S2. The van der Waals surface area contributed by atoms with Crippen LogP contribution in [0.2, 0.25) is 0 Å². The van der Waals surface area contributed by atoms with Gasteiger partial charge >= 0.3 is 0 Å². The smallest absolute Gasteiger partial charge is 0.265 e. The van der Waals surface area contributed by atoms with Crippen molar-refractivity contribution in [3.8, 4) is 5.75 Å². The maximum atomic E-state index is 13.0. The van der Waals surface area contributed by atoms with Gasteiger partial charge in [0.25, 0.3) is 5.91 Å². The summed E-state index contributed by atoms with van der Waals surface area (Å²) in [7, 11) is -2.11.